The third-order valence-electron chi connectivity index (χ3n) is 3.93. The predicted octanol–water partition coefficient (Wildman–Crippen LogP) is 2.06. The van der Waals surface area contributed by atoms with Crippen LogP contribution in [-0.4, -0.2) is 44.8 Å². The lowest BCUT2D eigenvalue weighted by molar-refractivity contribution is 0.0407. The van der Waals surface area contributed by atoms with Crippen LogP contribution in [0, 0.1) is 0 Å². The van der Waals surface area contributed by atoms with Crippen LogP contribution >= 0.6 is 0 Å². The Hall–Kier alpha value is -0.900. The molecule has 0 spiro atoms. The van der Waals surface area contributed by atoms with Crippen LogP contribution in [-0.2, 0) is 17.7 Å². The van der Waals surface area contributed by atoms with Gasteiger partial charge in [-0.15, -0.1) is 0 Å². The van der Waals surface area contributed by atoms with Gasteiger partial charge in [-0.3, -0.25) is 4.90 Å². The molecule has 1 saturated heterocycles. The van der Waals surface area contributed by atoms with Crippen LogP contribution in [0.5, 0.6) is 0 Å². The minimum absolute atomic E-state index is 0.678. The maximum atomic E-state index is 5.42. The van der Waals surface area contributed by atoms with Gasteiger partial charge < -0.3 is 10.1 Å². The minimum atomic E-state index is 0.678. The van der Waals surface area contributed by atoms with Crippen molar-refractivity contribution >= 4 is 0 Å². The smallest absolute Gasteiger partial charge is 0.0480 e. The molecule has 1 N–H and O–H groups in total. The topological polar surface area (TPSA) is 24.5 Å². The number of benzene rings is 1. The van der Waals surface area contributed by atoms with Gasteiger partial charge in [0.2, 0.25) is 0 Å². The molecule has 0 atom stereocenters. The normalized spacial score (nSPS) is 17.0. The molecular formula is C16H26N2O. The van der Waals surface area contributed by atoms with E-state index in [2.05, 4.69) is 41.5 Å². The molecule has 0 saturated carbocycles. The Kier molecular flexibility index (Phi) is 5.83. The molecule has 0 aliphatic carbocycles. The Morgan fingerprint density at radius 3 is 2.42 bits per heavy atom. The van der Waals surface area contributed by atoms with E-state index in [-0.39, 0.29) is 0 Å². The summed E-state index contributed by atoms with van der Waals surface area (Å²) in [6.45, 7) is 3.91. The summed E-state index contributed by atoms with van der Waals surface area (Å²) in [6.07, 6.45) is 3.43. The van der Waals surface area contributed by atoms with E-state index in [4.69, 9.17) is 4.74 Å². The molecule has 1 aliphatic rings. The summed E-state index contributed by atoms with van der Waals surface area (Å²) in [5.74, 6) is 0. The molecule has 0 radical (unpaired) electrons. The second-order valence-electron chi connectivity index (χ2n) is 5.43. The molecule has 0 aromatic heterocycles. The number of ether oxygens (including phenoxy) is 1. The second-order valence-corrected chi connectivity index (χ2v) is 5.43. The number of likely N-dealkylation sites (N-methyl/N-ethyl adjacent to an activating group) is 1. The zero-order valence-electron chi connectivity index (χ0n) is 12.2. The summed E-state index contributed by atoms with van der Waals surface area (Å²) < 4.78 is 5.42. The van der Waals surface area contributed by atoms with E-state index in [1.807, 2.05) is 7.05 Å². The molecule has 19 heavy (non-hydrogen) atoms. The molecule has 3 heteroatoms. The average molecular weight is 262 g/mol. The monoisotopic (exact) mass is 262 g/mol. The summed E-state index contributed by atoms with van der Waals surface area (Å²) in [7, 11) is 4.22. The highest BCUT2D eigenvalue weighted by Crippen LogP contribution is 2.16. The van der Waals surface area contributed by atoms with Gasteiger partial charge in [-0.2, -0.15) is 0 Å². The summed E-state index contributed by atoms with van der Waals surface area (Å²) in [5.41, 5.74) is 2.81. The zero-order valence-corrected chi connectivity index (χ0v) is 12.2. The lowest BCUT2D eigenvalue weighted by Crippen LogP contribution is -2.36. The third-order valence-corrected chi connectivity index (χ3v) is 3.93. The standard InChI is InChI=1S/C16H26N2O/c1-17-10-7-14-3-5-15(6-4-14)13-18(2)16-8-11-19-12-9-16/h3-6,16-17H,7-13H2,1-2H3. The van der Waals surface area contributed by atoms with Crippen LogP contribution in [0.3, 0.4) is 0 Å². The summed E-state index contributed by atoms with van der Waals surface area (Å²) >= 11 is 0. The van der Waals surface area contributed by atoms with Gasteiger partial charge in [0.25, 0.3) is 0 Å². The van der Waals surface area contributed by atoms with Crippen molar-refractivity contribution in [3.8, 4) is 0 Å². The molecule has 0 unspecified atom stereocenters. The van der Waals surface area contributed by atoms with Crippen LogP contribution in [0.1, 0.15) is 24.0 Å². The van der Waals surface area contributed by atoms with Crippen molar-refractivity contribution in [3.05, 3.63) is 35.4 Å². The van der Waals surface area contributed by atoms with Crippen molar-refractivity contribution in [2.45, 2.75) is 31.8 Å². The molecule has 0 amide bonds. The van der Waals surface area contributed by atoms with Gasteiger partial charge in [0.1, 0.15) is 0 Å². The van der Waals surface area contributed by atoms with Crippen molar-refractivity contribution in [2.24, 2.45) is 0 Å². The Morgan fingerprint density at radius 1 is 1.16 bits per heavy atom. The first-order valence-electron chi connectivity index (χ1n) is 7.30. The SMILES string of the molecule is CNCCc1ccc(CN(C)C2CCOCC2)cc1. The highest BCUT2D eigenvalue weighted by Gasteiger charge is 2.18. The lowest BCUT2D eigenvalue weighted by atomic mass is 10.1. The Bertz CT molecular complexity index is 358. The molecule has 1 aliphatic heterocycles. The van der Waals surface area contributed by atoms with Crippen LogP contribution in [0.15, 0.2) is 24.3 Å². The van der Waals surface area contributed by atoms with Crippen molar-refractivity contribution in [3.63, 3.8) is 0 Å². The van der Waals surface area contributed by atoms with Gasteiger partial charge in [0.05, 0.1) is 0 Å². The number of hydrogen-bond donors (Lipinski definition) is 1. The number of nitrogens with one attached hydrogen (secondary N) is 1. The number of nitrogens with zero attached hydrogens (tertiary/aromatic N) is 1. The quantitative estimate of drug-likeness (QED) is 0.849. The molecule has 1 fully saturated rings. The third kappa shape index (κ3) is 4.60. The van der Waals surface area contributed by atoms with E-state index in [0.717, 1.165) is 45.6 Å². The highest BCUT2D eigenvalue weighted by atomic mass is 16.5. The Labute approximate surface area is 116 Å². The number of hydrogen-bond acceptors (Lipinski definition) is 3. The van der Waals surface area contributed by atoms with E-state index >= 15 is 0 Å². The van der Waals surface area contributed by atoms with Crippen LogP contribution in [0.4, 0.5) is 0 Å². The molecule has 1 aromatic carbocycles. The molecule has 2 rings (SSSR count). The van der Waals surface area contributed by atoms with Gasteiger partial charge in [0.15, 0.2) is 0 Å². The van der Waals surface area contributed by atoms with Gasteiger partial charge in [0, 0.05) is 25.8 Å². The maximum absolute atomic E-state index is 5.42. The first-order chi connectivity index (χ1) is 9.29. The first kappa shape index (κ1) is 14.5. The fourth-order valence-corrected chi connectivity index (χ4v) is 2.62. The maximum Gasteiger partial charge on any atom is 0.0480 e. The second kappa shape index (κ2) is 7.63. The minimum Gasteiger partial charge on any atom is -0.381 e. The van der Waals surface area contributed by atoms with E-state index in [1.54, 1.807) is 0 Å². The Morgan fingerprint density at radius 2 is 1.79 bits per heavy atom. The average Bonchev–Trinajstić information content (AvgIpc) is 2.47. The summed E-state index contributed by atoms with van der Waals surface area (Å²) in [6, 6.07) is 9.72. The first-order valence-corrected chi connectivity index (χ1v) is 7.30. The predicted molar refractivity (Wildman–Crippen MR) is 79.4 cm³/mol. The van der Waals surface area contributed by atoms with Crippen LogP contribution < -0.4 is 5.32 Å². The summed E-state index contributed by atoms with van der Waals surface area (Å²) in [5, 5.41) is 3.19. The largest absolute Gasteiger partial charge is 0.381 e. The molecule has 1 heterocycles. The zero-order chi connectivity index (χ0) is 13.5. The van der Waals surface area contributed by atoms with Crippen molar-refractivity contribution in [1.29, 1.82) is 0 Å². The van der Waals surface area contributed by atoms with Crippen molar-refractivity contribution in [2.75, 3.05) is 33.9 Å². The van der Waals surface area contributed by atoms with E-state index in [0.29, 0.717) is 6.04 Å². The van der Waals surface area contributed by atoms with Crippen molar-refractivity contribution in [1.82, 2.24) is 10.2 Å². The van der Waals surface area contributed by atoms with E-state index in [9.17, 15) is 0 Å². The molecular weight excluding hydrogens is 236 g/mol. The lowest BCUT2D eigenvalue weighted by Gasteiger charge is -2.31. The molecule has 0 bridgehead atoms. The van der Waals surface area contributed by atoms with Gasteiger partial charge in [-0.1, -0.05) is 24.3 Å². The number of rotatable bonds is 6. The van der Waals surface area contributed by atoms with Gasteiger partial charge in [-0.05, 0) is 51.0 Å². The fourth-order valence-electron chi connectivity index (χ4n) is 2.62. The Balaban J connectivity index is 1.84. The molecule has 1 aromatic rings. The van der Waals surface area contributed by atoms with Crippen LogP contribution in [0.2, 0.25) is 0 Å². The van der Waals surface area contributed by atoms with Gasteiger partial charge in [-0.25, -0.2) is 0 Å². The van der Waals surface area contributed by atoms with E-state index in [1.165, 1.54) is 11.1 Å². The van der Waals surface area contributed by atoms with Crippen LogP contribution in [0.25, 0.3) is 0 Å². The highest BCUT2D eigenvalue weighted by molar-refractivity contribution is 5.22. The summed E-state index contributed by atoms with van der Waals surface area (Å²) in [4.78, 5) is 2.46. The van der Waals surface area contributed by atoms with Crippen molar-refractivity contribution < 1.29 is 4.74 Å². The molecule has 3 nitrogen and oxygen atoms in total. The molecule has 106 valence electrons. The van der Waals surface area contributed by atoms with Gasteiger partial charge >= 0.3 is 0 Å². The van der Waals surface area contributed by atoms with E-state index < -0.39 is 0 Å². The fraction of sp³-hybridized carbons (Fsp3) is 0.625.